The lowest BCUT2D eigenvalue weighted by atomic mass is 10.0. The third-order valence-electron chi connectivity index (χ3n) is 12.9. The van der Waals surface area contributed by atoms with Crippen LogP contribution in [-0.2, 0) is 38.1 Å². The van der Waals surface area contributed by atoms with Crippen molar-refractivity contribution in [1.82, 2.24) is 42.5 Å². The van der Waals surface area contributed by atoms with Crippen LogP contribution in [0.25, 0.3) is 0 Å². The van der Waals surface area contributed by atoms with Crippen molar-refractivity contribution in [1.29, 1.82) is 0 Å². The number of amides is 4. The molecule has 0 aliphatic carbocycles. The van der Waals surface area contributed by atoms with Gasteiger partial charge < -0.3 is 97.6 Å². The highest BCUT2D eigenvalue weighted by Crippen LogP contribution is 2.10. The molecule has 0 aliphatic heterocycles. The molecule has 0 radical (unpaired) electrons. The molecule has 0 saturated carbocycles. The summed E-state index contributed by atoms with van der Waals surface area (Å²) in [7, 11) is 0. The molecule has 456 valence electrons. The molecular weight excluding hydrogens is 993 g/mol. The van der Waals surface area contributed by atoms with Crippen LogP contribution in [0.1, 0.15) is 161 Å². The second-order valence-corrected chi connectivity index (χ2v) is 19.8. The largest absolute Gasteiger partial charge is 0.354 e. The van der Waals surface area contributed by atoms with Crippen LogP contribution in [0, 0.1) is 0 Å². The first-order valence-electron chi connectivity index (χ1n) is 29.0. The molecule has 0 rings (SSSR count). The Kier molecular flexibility index (Phi) is 50.6. The Hall–Kier alpha value is -2.84. The van der Waals surface area contributed by atoms with E-state index in [0.29, 0.717) is 156 Å². The average Bonchev–Trinajstić information content (AvgIpc) is 3.41. The zero-order valence-corrected chi connectivity index (χ0v) is 47.4. The van der Waals surface area contributed by atoms with E-state index >= 15 is 0 Å². The maximum absolute atomic E-state index is 13.9. The zero-order chi connectivity index (χ0) is 57.2. The molecule has 0 aromatic carbocycles. The Morgan fingerprint density at radius 2 is 0.688 bits per heavy atom. The van der Waals surface area contributed by atoms with Crippen molar-refractivity contribution in [2.45, 2.75) is 216 Å². The lowest BCUT2D eigenvalue weighted by molar-refractivity contribution is -0.134. The number of nitrogens with one attached hydrogen (secondary N) is 8. The second kappa shape index (κ2) is 52.5. The Morgan fingerprint density at radius 3 is 1.10 bits per heavy atom. The minimum Gasteiger partial charge on any atom is -0.354 e. The van der Waals surface area contributed by atoms with Crippen molar-refractivity contribution in [2.24, 2.45) is 57.3 Å². The number of ether oxygens (including phenoxy) is 4. The minimum absolute atomic E-state index is 0.121. The van der Waals surface area contributed by atoms with Crippen LogP contribution in [0.5, 0.6) is 0 Å². The summed E-state index contributed by atoms with van der Waals surface area (Å²) in [6, 6.07) is -3.44. The van der Waals surface area contributed by atoms with Crippen LogP contribution >= 0.6 is 0 Å². The highest BCUT2D eigenvalue weighted by Gasteiger charge is 2.30. The number of hydrogen-bond acceptors (Lipinski definition) is 22. The quantitative estimate of drug-likeness (QED) is 0.0227. The topological polar surface area (TPSA) is 462 Å². The van der Waals surface area contributed by atoms with Gasteiger partial charge in [0.05, 0.1) is 12.8 Å². The minimum atomic E-state index is -0.973. The van der Waals surface area contributed by atoms with E-state index in [-0.39, 0.29) is 63.5 Å². The summed E-state index contributed by atoms with van der Waals surface area (Å²) in [6.45, 7) is 7.45. The molecule has 0 bridgehead atoms. The van der Waals surface area contributed by atoms with E-state index in [1.54, 1.807) is 0 Å². The van der Waals surface area contributed by atoms with Crippen molar-refractivity contribution in [2.75, 3.05) is 85.8 Å². The fraction of sp³-hybridized carbons (Fsp3) is 0.922. The lowest BCUT2D eigenvalue weighted by Gasteiger charge is -2.26. The molecule has 0 heterocycles. The molecule has 26 nitrogen and oxygen atoms in total. The van der Waals surface area contributed by atoms with Crippen molar-refractivity contribution < 1.29 is 38.1 Å². The van der Waals surface area contributed by atoms with Crippen LogP contribution < -0.4 is 99.9 Å². The molecule has 4 amide bonds. The maximum atomic E-state index is 13.9. The van der Waals surface area contributed by atoms with E-state index in [1.165, 1.54) is 0 Å². The van der Waals surface area contributed by atoms with E-state index in [4.69, 9.17) is 76.3 Å². The molecule has 0 aromatic heterocycles. The summed E-state index contributed by atoms with van der Waals surface area (Å²) >= 11 is 0. The first kappa shape index (κ1) is 74.2. The summed E-state index contributed by atoms with van der Waals surface area (Å²) < 4.78 is 24.1. The molecule has 0 aliphatic rings. The van der Waals surface area contributed by atoms with Gasteiger partial charge in [-0.2, -0.15) is 0 Å². The van der Waals surface area contributed by atoms with Gasteiger partial charge >= 0.3 is 0 Å². The fourth-order valence-corrected chi connectivity index (χ4v) is 8.00. The Labute approximate surface area is 462 Å². The Balaban J connectivity index is 5.27. The predicted molar refractivity (Wildman–Crippen MR) is 305 cm³/mol. The van der Waals surface area contributed by atoms with Crippen molar-refractivity contribution in [3.63, 3.8) is 0 Å². The molecule has 28 N–H and O–H groups in total. The van der Waals surface area contributed by atoms with Crippen LogP contribution in [0.4, 0.5) is 0 Å². The van der Waals surface area contributed by atoms with Crippen molar-refractivity contribution in [3.05, 3.63) is 0 Å². The molecule has 9 unspecified atom stereocenters. The summed E-state index contributed by atoms with van der Waals surface area (Å²) in [5.41, 5.74) is 58.1. The predicted octanol–water partition coefficient (Wildman–Crippen LogP) is -2.18. The van der Waals surface area contributed by atoms with Crippen LogP contribution in [0.2, 0.25) is 0 Å². The number of rotatable bonds is 57. The first-order valence-corrected chi connectivity index (χ1v) is 29.0. The second-order valence-electron chi connectivity index (χ2n) is 19.8. The summed E-state index contributed by atoms with van der Waals surface area (Å²) in [5.74, 6) is -1.78. The molecule has 77 heavy (non-hydrogen) atoms. The molecule has 26 heteroatoms. The van der Waals surface area contributed by atoms with E-state index in [9.17, 15) is 19.2 Å². The molecule has 0 spiro atoms. The lowest BCUT2D eigenvalue weighted by Crippen LogP contribution is -2.57. The number of hydrogen-bond donors (Lipinski definition) is 18. The van der Waals surface area contributed by atoms with Gasteiger partial charge in [0.2, 0.25) is 23.6 Å². The first-order chi connectivity index (χ1) is 37.3. The highest BCUT2D eigenvalue weighted by atomic mass is 16.6. The van der Waals surface area contributed by atoms with Crippen LogP contribution in [0.3, 0.4) is 0 Å². The maximum Gasteiger partial charge on any atom is 0.243 e. The Morgan fingerprint density at radius 1 is 0.351 bits per heavy atom. The molecule has 9 atom stereocenters. The normalized spacial score (nSPS) is 15.2. The summed E-state index contributed by atoms with van der Waals surface area (Å²) in [6.07, 6.45) is 14.5. The van der Waals surface area contributed by atoms with E-state index in [2.05, 4.69) is 49.5 Å². The Bertz CT molecular complexity index is 1410. The number of unbranched alkanes of at least 4 members (excludes halogenated alkanes) is 6. The molecular formula is C51H114N18O8. The van der Waals surface area contributed by atoms with Gasteiger partial charge in [0, 0.05) is 12.6 Å². The van der Waals surface area contributed by atoms with Gasteiger partial charge in [0.25, 0.3) is 0 Å². The molecule has 0 fully saturated rings. The van der Waals surface area contributed by atoms with Gasteiger partial charge in [-0.1, -0.05) is 12.8 Å². The van der Waals surface area contributed by atoms with Gasteiger partial charge in [-0.15, -0.1) is 0 Å². The number of nitrogens with two attached hydrogens (primary N) is 10. The standard InChI is InChI=1S/C51H114N18O8/c1-39(63-35-75-46(24-15-32-58)65-37-77-47(25-16-33-59)66-38-76-45(23-14-31-57)64-36-74-44(61)22-6-12-30-56)17-7-13-34-62-49(71)41(19-3-9-27-53)68-51(73)43(21-5-11-29-55)69-50(72)42(20-4-10-28-54)67-48(70)40(60)18-2-8-26-52/h39-47,63-66H,2-38,52-61H2,1H3,(H,62,71)(H,67,70)(H,68,73)(H,69,72). The summed E-state index contributed by atoms with van der Waals surface area (Å²) in [5, 5.41) is 24.9. The van der Waals surface area contributed by atoms with Gasteiger partial charge in [-0.3, -0.25) is 40.4 Å². The molecule has 0 saturated heterocycles. The van der Waals surface area contributed by atoms with E-state index in [0.717, 1.165) is 57.8 Å². The molecule has 0 aromatic rings. The highest BCUT2D eigenvalue weighted by molar-refractivity contribution is 5.94. The number of carbonyl (C=O) groups is 4. The zero-order valence-electron chi connectivity index (χ0n) is 47.4. The third-order valence-corrected chi connectivity index (χ3v) is 12.9. The van der Waals surface area contributed by atoms with Gasteiger partial charge in [-0.05, 0) is 201 Å². The summed E-state index contributed by atoms with van der Waals surface area (Å²) in [4.78, 5) is 54.3. The van der Waals surface area contributed by atoms with Crippen LogP contribution in [-0.4, -0.2) is 165 Å². The van der Waals surface area contributed by atoms with Crippen LogP contribution in [0.15, 0.2) is 0 Å². The third kappa shape index (κ3) is 41.8. The van der Waals surface area contributed by atoms with E-state index in [1.807, 2.05) is 0 Å². The SMILES string of the molecule is CC(CCCCNC(=O)C(CCCCN)NC(=O)C(CCCCN)NC(=O)C(CCCCN)NC(=O)C(N)CCCCN)NCOC(CCCN)NCOC(CCCN)NCOC(CCCN)NCOC(N)CCCCN. The fourth-order valence-electron chi connectivity index (χ4n) is 8.00. The van der Waals surface area contributed by atoms with Crippen molar-refractivity contribution >= 4 is 23.6 Å². The number of carbonyl (C=O) groups excluding carboxylic acids is 4. The van der Waals surface area contributed by atoms with Gasteiger partial charge in [0.1, 0.15) is 63.2 Å². The van der Waals surface area contributed by atoms with E-state index < -0.39 is 41.9 Å². The van der Waals surface area contributed by atoms with Gasteiger partial charge in [0.15, 0.2) is 0 Å². The smallest absolute Gasteiger partial charge is 0.243 e. The van der Waals surface area contributed by atoms with Gasteiger partial charge in [-0.25, -0.2) is 0 Å². The monoisotopic (exact) mass is 1110 g/mol. The van der Waals surface area contributed by atoms with Crippen molar-refractivity contribution in [3.8, 4) is 0 Å². The average molecular weight is 1110 g/mol.